The molecule has 282 valence electrons. The zero-order valence-corrected chi connectivity index (χ0v) is 32.1. The predicted molar refractivity (Wildman–Crippen MR) is 204 cm³/mol. The molecule has 0 saturated carbocycles. The van der Waals surface area contributed by atoms with Crippen LogP contribution in [0.5, 0.6) is 0 Å². The number of esters is 3. The SMILES string of the molecule is CC(CN)(CCC(=O)OCCOCCO)CC(C)(CC(C)(SC(=S)c1ccccc1)C(=O)OCc1ccccc1)C(=O)OCCN1CCCCC1. The van der Waals surface area contributed by atoms with Crippen LogP contribution in [0.2, 0.25) is 0 Å². The second-order valence-electron chi connectivity index (χ2n) is 14.1. The van der Waals surface area contributed by atoms with Crippen molar-refractivity contribution in [2.75, 3.05) is 59.2 Å². The molecule has 1 aliphatic heterocycles. The number of ether oxygens (including phenoxy) is 4. The lowest BCUT2D eigenvalue weighted by Gasteiger charge is -2.41. The van der Waals surface area contributed by atoms with E-state index in [1.54, 1.807) is 6.92 Å². The lowest BCUT2D eigenvalue weighted by molar-refractivity contribution is -0.160. The molecule has 0 amide bonds. The number of benzene rings is 2. The van der Waals surface area contributed by atoms with Gasteiger partial charge in [0.2, 0.25) is 0 Å². The number of hydrogen-bond donors (Lipinski definition) is 2. The predicted octanol–water partition coefficient (Wildman–Crippen LogP) is 5.71. The van der Waals surface area contributed by atoms with Gasteiger partial charge in [-0.25, -0.2) is 0 Å². The number of thiocarbonyl (C=S) groups is 1. The Morgan fingerprint density at radius 3 is 2.16 bits per heavy atom. The molecule has 0 radical (unpaired) electrons. The molecule has 3 atom stereocenters. The van der Waals surface area contributed by atoms with Crippen molar-refractivity contribution in [1.29, 1.82) is 0 Å². The Morgan fingerprint density at radius 1 is 0.843 bits per heavy atom. The Hall–Kier alpha value is -2.87. The van der Waals surface area contributed by atoms with Gasteiger partial charge in [-0.05, 0) is 82.1 Å². The number of piperidine rings is 1. The maximum absolute atomic E-state index is 14.3. The number of carbonyl (C=O) groups excluding carboxylic acids is 3. The number of likely N-dealkylation sites (tertiary alicyclic amines) is 1. The lowest BCUT2D eigenvalue weighted by Crippen LogP contribution is -2.47. The van der Waals surface area contributed by atoms with Crippen molar-refractivity contribution in [2.24, 2.45) is 16.6 Å². The molecule has 1 saturated heterocycles. The van der Waals surface area contributed by atoms with Crippen LogP contribution in [0.15, 0.2) is 60.7 Å². The first-order chi connectivity index (χ1) is 24.4. The molecular weight excluding hydrogens is 689 g/mol. The van der Waals surface area contributed by atoms with E-state index in [4.69, 9.17) is 42.0 Å². The number of nitrogens with zero attached hydrogens (tertiary/aromatic N) is 1. The van der Waals surface area contributed by atoms with Crippen LogP contribution in [0.3, 0.4) is 0 Å². The fourth-order valence-electron chi connectivity index (χ4n) is 6.50. The quantitative estimate of drug-likeness (QED) is 0.0662. The molecule has 12 heteroatoms. The topological polar surface area (TPSA) is 138 Å². The van der Waals surface area contributed by atoms with Crippen LogP contribution in [0, 0.1) is 10.8 Å². The van der Waals surface area contributed by atoms with Gasteiger partial charge in [0.15, 0.2) is 0 Å². The minimum absolute atomic E-state index is 0.0516. The van der Waals surface area contributed by atoms with E-state index >= 15 is 0 Å². The van der Waals surface area contributed by atoms with E-state index in [1.165, 1.54) is 18.2 Å². The third kappa shape index (κ3) is 14.6. The third-order valence-electron chi connectivity index (χ3n) is 9.25. The summed E-state index contributed by atoms with van der Waals surface area (Å²) < 4.78 is 21.7. The molecule has 51 heavy (non-hydrogen) atoms. The first-order valence-corrected chi connectivity index (χ1v) is 19.1. The first kappa shape index (κ1) is 42.5. The number of aliphatic hydroxyl groups is 1. The van der Waals surface area contributed by atoms with Crippen LogP contribution in [0.4, 0.5) is 0 Å². The van der Waals surface area contributed by atoms with E-state index < -0.39 is 33.5 Å². The molecule has 0 spiro atoms. The van der Waals surface area contributed by atoms with E-state index in [0.29, 0.717) is 17.2 Å². The fourth-order valence-corrected chi connectivity index (χ4v) is 8.39. The molecule has 10 nitrogen and oxygen atoms in total. The van der Waals surface area contributed by atoms with Gasteiger partial charge in [-0.15, -0.1) is 0 Å². The van der Waals surface area contributed by atoms with Gasteiger partial charge < -0.3 is 29.8 Å². The van der Waals surface area contributed by atoms with Crippen molar-refractivity contribution in [2.45, 2.75) is 77.1 Å². The van der Waals surface area contributed by atoms with Crippen LogP contribution >= 0.6 is 24.0 Å². The maximum atomic E-state index is 14.3. The van der Waals surface area contributed by atoms with Gasteiger partial charge in [-0.2, -0.15) is 0 Å². The van der Waals surface area contributed by atoms with Crippen LogP contribution in [-0.2, 0) is 39.9 Å². The molecule has 2 aromatic rings. The van der Waals surface area contributed by atoms with Gasteiger partial charge in [0.05, 0.1) is 29.4 Å². The summed E-state index contributed by atoms with van der Waals surface area (Å²) in [5.41, 5.74) is 6.10. The monoisotopic (exact) mass is 744 g/mol. The molecule has 1 fully saturated rings. The Labute approximate surface area is 313 Å². The zero-order chi connectivity index (χ0) is 37.2. The molecule has 2 aromatic carbocycles. The Bertz CT molecular complexity index is 1380. The summed E-state index contributed by atoms with van der Waals surface area (Å²) in [5, 5.41) is 8.87. The van der Waals surface area contributed by atoms with Gasteiger partial charge in [0, 0.05) is 13.0 Å². The summed E-state index contributed by atoms with van der Waals surface area (Å²) in [6.45, 7) is 8.90. The standard InChI is InChI=1S/C39H56N2O8S2/c1-37(30-40,18-17-33(43)47-26-25-46-24-22-42)28-38(2,35(44)48-23-21-41-19-11-6-12-20-41)29-39(3,51-34(50)32-15-9-5-10-16-32)36(45)49-27-31-13-7-4-8-14-31/h4-5,7-10,13-16,42H,6,11-12,17-30,40H2,1-3H3. The Balaban J connectivity index is 1.87. The average Bonchev–Trinajstić information content (AvgIpc) is 3.14. The van der Waals surface area contributed by atoms with Crippen molar-refractivity contribution in [3.05, 3.63) is 71.8 Å². The van der Waals surface area contributed by atoms with Crippen molar-refractivity contribution >= 4 is 46.1 Å². The van der Waals surface area contributed by atoms with Crippen LogP contribution in [0.25, 0.3) is 0 Å². The number of aliphatic hydroxyl groups excluding tert-OH is 1. The molecular formula is C39H56N2O8S2. The van der Waals surface area contributed by atoms with Crippen molar-refractivity contribution in [3.63, 3.8) is 0 Å². The van der Waals surface area contributed by atoms with E-state index in [-0.39, 0.29) is 65.4 Å². The normalized spacial score (nSPS) is 17.0. The zero-order valence-electron chi connectivity index (χ0n) is 30.4. The second-order valence-corrected chi connectivity index (χ2v) is 16.3. The van der Waals surface area contributed by atoms with Gasteiger partial charge in [-0.1, -0.05) is 98.0 Å². The number of rotatable bonds is 22. The summed E-state index contributed by atoms with van der Waals surface area (Å²) >= 11 is 7.07. The summed E-state index contributed by atoms with van der Waals surface area (Å²) in [7, 11) is 0. The minimum Gasteiger partial charge on any atom is -0.464 e. The highest BCUT2D eigenvalue weighted by Gasteiger charge is 2.50. The Morgan fingerprint density at radius 2 is 1.51 bits per heavy atom. The second kappa shape index (κ2) is 21.6. The smallest absolute Gasteiger partial charge is 0.322 e. The first-order valence-electron chi connectivity index (χ1n) is 17.9. The van der Waals surface area contributed by atoms with Gasteiger partial charge >= 0.3 is 17.9 Å². The molecule has 1 aliphatic rings. The number of carbonyl (C=O) groups is 3. The summed E-state index contributed by atoms with van der Waals surface area (Å²) in [6.07, 6.45) is 4.18. The van der Waals surface area contributed by atoms with Crippen molar-refractivity contribution in [1.82, 2.24) is 4.90 Å². The number of nitrogens with two attached hydrogens (primary N) is 1. The summed E-state index contributed by atoms with van der Waals surface area (Å²) in [6, 6.07) is 18.9. The van der Waals surface area contributed by atoms with Crippen LogP contribution in [0.1, 0.15) is 76.8 Å². The van der Waals surface area contributed by atoms with Crippen LogP contribution in [-0.4, -0.2) is 96.1 Å². The average molecular weight is 745 g/mol. The lowest BCUT2D eigenvalue weighted by atomic mass is 9.67. The van der Waals surface area contributed by atoms with Crippen molar-refractivity contribution < 1.29 is 38.4 Å². The molecule has 0 aliphatic carbocycles. The third-order valence-corrected chi connectivity index (χ3v) is 10.9. The number of thioether (sulfide) groups is 1. The summed E-state index contributed by atoms with van der Waals surface area (Å²) in [5.74, 6) is -1.34. The maximum Gasteiger partial charge on any atom is 0.322 e. The largest absolute Gasteiger partial charge is 0.464 e. The van der Waals surface area contributed by atoms with E-state index in [9.17, 15) is 14.4 Å². The highest BCUT2D eigenvalue weighted by Crippen LogP contribution is 2.47. The molecule has 0 bridgehead atoms. The van der Waals surface area contributed by atoms with Gasteiger partial charge in [-0.3, -0.25) is 19.3 Å². The van der Waals surface area contributed by atoms with Crippen LogP contribution < -0.4 is 5.73 Å². The van der Waals surface area contributed by atoms with E-state index in [0.717, 1.165) is 37.1 Å². The molecule has 3 rings (SSSR count). The highest BCUT2D eigenvalue weighted by molar-refractivity contribution is 8.25. The fraction of sp³-hybridized carbons (Fsp3) is 0.590. The highest BCUT2D eigenvalue weighted by atomic mass is 32.2. The molecule has 3 N–H and O–H groups in total. The molecule has 0 aromatic heterocycles. The number of hydrogen-bond acceptors (Lipinski definition) is 12. The molecule has 3 unspecified atom stereocenters. The van der Waals surface area contributed by atoms with Gasteiger partial charge in [0.25, 0.3) is 0 Å². The Kier molecular flexibility index (Phi) is 18.0. The molecule has 1 heterocycles. The van der Waals surface area contributed by atoms with E-state index in [2.05, 4.69) is 4.90 Å². The van der Waals surface area contributed by atoms with E-state index in [1.807, 2.05) is 74.5 Å². The van der Waals surface area contributed by atoms with Gasteiger partial charge in [0.1, 0.15) is 24.6 Å². The minimum atomic E-state index is -1.29. The van der Waals surface area contributed by atoms with Crippen molar-refractivity contribution in [3.8, 4) is 0 Å². The summed E-state index contributed by atoms with van der Waals surface area (Å²) in [4.78, 5) is 43.4.